The van der Waals surface area contributed by atoms with Crippen molar-refractivity contribution in [1.29, 1.82) is 0 Å². The summed E-state index contributed by atoms with van der Waals surface area (Å²) in [5.41, 5.74) is 1.80. The SMILES string of the molecule is C/C=C\C(=C/C)C(C)C(C)(C)C. The summed E-state index contributed by atoms with van der Waals surface area (Å²) in [4.78, 5) is 0. The van der Waals surface area contributed by atoms with Crippen LogP contribution in [0.3, 0.4) is 0 Å². The van der Waals surface area contributed by atoms with E-state index >= 15 is 0 Å². The number of allylic oxidation sites excluding steroid dienone is 4. The zero-order valence-corrected chi connectivity index (χ0v) is 9.31. The molecule has 0 bridgehead atoms. The minimum absolute atomic E-state index is 0.362. The number of hydrogen-bond acceptors (Lipinski definition) is 0. The first-order valence-electron chi connectivity index (χ1n) is 4.72. The predicted octanol–water partition coefficient (Wildman–Crippen LogP) is 4.19. The van der Waals surface area contributed by atoms with E-state index < -0.39 is 0 Å². The van der Waals surface area contributed by atoms with Gasteiger partial charge in [0.25, 0.3) is 0 Å². The van der Waals surface area contributed by atoms with Gasteiger partial charge in [-0.25, -0.2) is 0 Å². The van der Waals surface area contributed by atoms with Crippen LogP contribution in [-0.2, 0) is 0 Å². The van der Waals surface area contributed by atoms with Crippen LogP contribution < -0.4 is 0 Å². The van der Waals surface area contributed by atoms with Gasteiger partial charge in [-0.15, -0.1) is 0 Å². The molecule has 0 aliphatic carbocycles. The van der Waals surface area contributed by atoms with E-state index in [0.29, 0.717) is 11.3 Å². The fourth-order valence-corrected chi connectivity index (χ4v) is 1.18. The minimum Gasteiger partial charge on any atom is -0.0874 e. The molecular weight excluding hydrogens is 144 g/mol. The molecule has 0 N–H and O–H groups in total. The molecule has 0 nitrogen and oxygen atoms in total. The maximum Gasteiger partial charge on any atom is -0.0145 e. The van der Waals surface area contributed by atoms with E-state index in [-0.39, 0.29) is 0 Å². The zero-order valence-electron chi connectivity index (χ0n) is 9.31. The van der Waals surface area contributed by atoms with Gasteiger partial charge in [-0.2, -0.15) is 0 Å². The molecule has 0 aliphatic heterocycles. The molecule has 0 aliphatic rings. The van der Waals surface area contributed by atoms with E-state index in [1.54, 1.807) is 0 Å². The molecule has 0 amide bonds. The average molecular weight is 166 g/mol. The lowest BCUT2D eigenvalue weighted by Gasteiger charge is -2.28. The highest BCUT2D eigenvalue weighted by Crippen LogP contribution is 2.31. The van der Waals surface area contributed by atoms with Crippen LogP contribution in [0.25, 0.3) is 0 Å². The van der Waals surface area contributed by atoms with Gasteiger partial charge in [-0.1, -0.05) is 45.9 Å². The lowest BCUT2D eigenvalue weighted by molar-refractivity contribution is 0.304. The van der Waals surface area contributed by atoms with E-state index in [1.165, 1.54) is 5.57 Å². The van der Waals surface area contributed by atoms with E-state index in [2.05, 4.69) is 59.8 Å². The Morgan fingerprint density at radius 1 is 1.17 bits per heavy atom. The fourth-order valence-electron chi connectivity index (χ4n) is 1.18. The molecule has 0 radical (unpaired) electrons. The van der Waals surface area contributed by atoms with Crippen molar-refractivity contribution in [2.45, 2.75) is 41.5 Å². The predicted molar refractivity (Wildman–Crippen MR) is 57.2 cm³/mol. The Bertz CT molecular complexity index is 177. The topological polar surface area (TPSA) is 0 Å². The zero-order chi connectivity index (χ0) is 9.78. The highest BCUT2D eigenvalue weighted by Gasteiger charge is 2.21. The highest BCUT2D eigenvalue weighted by atomic mass is 14.3. The van der Waals surface area contributed by atoms with Crippen molar-refractivity contribution in [1.82, 2.24) is 0 Å². The third kappa shape index (κ3) is 3.25. The van der Waals surface area contributed by atoms with Crippen LogP contribution in [0.5, 0.6) is 0 Å². The summed E-state index contributed by atoms with van der Waals surface area (Å²) in [7, 11) is 0. The first-order valence-corrected chi connectivity index (χ1v) is 4.72. The van der Waals surface area contributed by atoms with Crippen molar-refractivity contribution in [3.63, 3.8) is 0 Å². The van der Waals surface area contributed by atoms with E-state index in [1.807, 2.05) is 0 Å². The van der Waals surface area contributed by atoms with Crippen molar-refractivity contribution >= 4 is 0 Å². The Morgan fingerprint density at radius 3 is 1.92 bits per heavy atom. The summed E-state index contributed by atoms with van der Waals surface area (Å²) in [6.45, 7) is 13.3. The lowest BCUT2D eigenvalue weighted by Crippen LogP contribution is -2.18. The summed E-state index contributed by atoms with van der Waals surface area (Å²) < 4.78 is 0. The van der Waals surface area contributed by atoms with Crippen molar-refractivity contribution in [2.24, 2.45) is 11.3 Å². The number of rotatable bonds is 2. The van der Waals surface area contributed by atoms with Gasteiger partial charge in [0.15, 0.2) is 0 Å². The molecule has 0 saturated carbocycles. The molecule has 0 spiro atoms. The van der Waals surface area contributed by atoms with E-state index in [9.17, 15) is 0 Å². The molecular formula is C12H22. The van der Waals surface area contributed by atoms with E-state index in [4.69, 9.17) is 0 Å². The van der Waals surface area contributed by atoms with Crippen LogP contribution in [0.15, 0.2) is 23.8 Å². The summed E-state index contributed by atoms with van der Waals surface area (Å²) in [5, 5.41) is 0. The fraction of sp³-hybridized carbons (Fsp3) is 0.667. The lowest BCUT2D eigenvalue weighted by atomic mass is 9.77. The van der Waals surface area contributed by atoms with Gasteiger partial charge in [0.1, 0.15) is 0 Å². The first-order chi connectivity index (χ1) is 5.43. The van der Waals surface area contributed by atoms with Crippen LogP contribution >= 0.6 is 0 Å². The van der Waals surface area contributed by atoms with Gasteiger partial charge in [0.2, 0.25) is 0 Å². The molecule has 70 valence electrons. The van der Waals surface area contributed by atoms with Gasteiger partial charge in [0, 0.05) is 0 Å². The van der Waals surface area contributed by atoms with Crippen LogP contribution in [0, 0.1) is 11.3 Å². The largest absolute Gasteiger partial charge is 0.0874 e. The third-order valence-corrected chi connectivity index (χ3v) is 2.49. The van der Waals surface area contributed by atoms with Crippen molar-refractivity contribution in [3.05, 3.63) is 23.8 Å². The van der Waals surface area contributed by atoms with Gasteiger partial charge in [-0.3, -0.25) is 0 Å². The molecule has 12 heavy (non-hydrogen) atoms. The second kappa shape index (κ2) is 4.49. The maximum atomic E-state index is 2.29. The molecule has 0 rings (SSSR count). The summed E-state index contributed by atoms with van der Waals surface area (Å²) >= 11 is 0. The monoisotopic (exact) mass is 166 g/mol. The van der Waals surface area contributed by atoms with Crippen molar-refractivity contribution in [2.75, 3.05) is 0 Å². The minimum atomic E-state index is 0.362. The quantitative estimate of drug-likeness (QED) is 0.539. The van der Waals surface area contributed by atoms with Gasteiger partial charge < -0.3 is 0 Å². The van der Waals surface area contributed by atoms with E-state index in [0.717, 1.165) is 0 Å². The molecule has 0 aromatic heterocycles. The number of hydrogen-bond donors (Lipinski definition) is 0. The summed E-state index contributed by atoms with van der Waals surface area (Å²) in [6, 6.07) is 0. The first kappa shape index (κ1) is 11.5. The second-order valence-electron chi connectivity index (χ2n) is 4.38. The summed E-state index contributed by atoms with van der Waals surface area (Å²) in [6.07, 6.45) is 6.52. The molecule has 0 heteroatoms. The van der Waals surface area contributed by atoms with Gasteiger partial charge >= 0.3 is 0 Å². The standard InChI is InChI=1S/C12H22/c1-7-9-11(8-2)10(3)12(4,5)6/h7-10H,1-6H3/b9-7-,11-8+. The molecule has 0 aromatic rings. The molecule has 0 aromatic carbocycles. The van der Waals surface area contributed by atoms with Crippen molar-refractivity contribution in [3.8, 4) is 0 Å². The van der Waals surface area contributed by atoms with Crippen molar-refractivity contribution < 1.29 is 0 Å². The van der Waals surface area contributed by atoms with Crippen LogP contribution in [0.2, 0.25) is 0 Å². The maximum absolute atomic E-state index is 2.29. The molecule has 0 saturated heterocycles. The Morgan fingerprint density at radius 2 is 1.67 bits per heavy atom. The Balaban J connectivity index is 4.55. The molecule has 0 heterocycles. The van der Waals surface area contributed by atoms with Crippen LogP contribution in [-0.4, -0.2) is 0 Å². The average Bonchev–Trinajstić information content (AvgIpc) is 1.97. The third-order valence-electron chi connectivity index (χ3n) is 2.49. The normalized spacial score (nSPS) is 17.0. The second-order valence-corrected chi connectivity index (χ2v) is 4.38. The van der Waals surface area contributed by atoms with Gasteiger partial charge in [-0.05, 0) is 30.8 Å². The Labute approximate surface area is 77.4 Å². The molecule has 1 unspecified atom stereocenters. The highest BCUT2D eigenvalue weighted by molar-refractivity contribution is 5.21. The summed E-state index contributed by atoms with van der Waals surface area (Å²) in [5.74, 6) is 0.624. The smallest absolute Gasteiger partial charge is 0.0145 e. The van der Waals surface area contributed by atoms with Gasteiger partial charge in [0.05, 0.1) is 0 Å². The Kier molecular flexibility index (Phi) is 4.30. The van der Waals surface area contributed by atoms with Crippen LogP contribution in [0.1, 0.15) is 41.5 Å². The molecule has 0 fully saturated rings. The van der Waals surface area contributed by atoms with Crippen LogP contribution in [0.4, 0.5) is 0 Å². The molecule has 1 atom stereocenters. The Hall–Kier alpha value is -0.520.